The van der Waals surface area contributed by atoms with Gasteiger partial charge in [0.15, 0.2) is 0 Å². The van der Waals surface area contributed by atoms with Gasteiger partial charge in [0, 0.05) is 0 Å². The molecule has 1 aliphatic rings. The van der Waals surface area contributed by atoms with Gasteiger partial charge in [0.2, 0.25) is 5.95 Å². The van der Waals surface area contributed by atoms with E-state index in [4.69, 9.17) is 5.26 Å². The normalized spacial score (nSPS) is 15.5. The van der Waals surface area contributed by atoms with Gasteiger partial charge in [0.05, 0.1) is 16.6 Å². The summed E-state index contributed by atoms with van der Waals surface area (Å²) < 4.78 is 13.1. The zero-order valence-electron chi connectivity index (χ0n) is 11.7. The molecule has 1 aromatic heterocycles. The summed E-state index contributed by atoms with van der Waals surface area (Å²) in [6.07, 6.45) is 1.95. The van der Waals surface area contributed by atoms with Crippen LogP contribution >= 0.6 is 0 Å². The number of benzene rings is 2. The lowest BCUT2D eigenvalue weighted by atomic mass is 10.1. The first kappa shape index (κ1) is 12.8. The highest BCUT2D eigenvalue weighted by molar-refractivity contribution is 5.83. The number of aromatic amines is 1. The molecule has 0 aliphatic heterocycles. The Kier molecular flexibility index (Phi) is 2.67. The van der Waals surface area contributed by atoms with Crippen LogP contribution in [0.2, 0.25) is 0 Å². The number of hydrogen-bond acceptors (Lipinski definition) is 3. The lowest BCUT2D eigenvalue weighted by molar-refractivity contribution is 0.625. The molecule has 2 N–H and O–H groups in total. The van der Waals surface area contributed by atoms with E-state index in [1.54, 1.807) is 18.2 Å². The maximum absolute atomic E-state index is 13.1. The molecule has 0 unspecified atom stereocenters. The molecule has 0 atom stereocenters. The van der Waals surface area contributed by atoms with Gasteiger partial charge in [-0.05, 0) is 42.7 Å². The second kappa shape index (κ2) is 4.57. The van der Waals surface area contributed by atoms with Crippen LogP contribution in [0.25, 0.3) is 11.0 Å². The van der Waals surface area contributed by atoms with Gasteiger partial charge in [0.25, 0.3) is 0 Å². The Balaban J connectivity index is 1.69. The fourth-order valence-corrected chi connectivity index (χ4v) is 2.79. The van der Waals surface area contributed by atoms with Crippen molar-refractivity contribution in [2.45, 2.75) is 18.4 Å². The second-order valence-electron chi connectivity index (χ2n) is 5.61. The van der Waals surface area contributed by atoms with Crippen LogP contribution in [0.15, 0.2) is 42.5 Å². The first-order valence-electron chi connectivity index (χ1n) is 7.13. The van der Waals surface area contributed by atoms with E-state index in [0.29, 0.717) is 17.0 Å². The zero-order valence-corrected chi connectivity index (χ0v) is 11.7. The van der Waals surface area contributed by atoms with Gasteiger partial charge in [-0.2, -0.15) is 5.26 Å². The van der Waals surface area contributed by atoms with E-state index in [1.165, 1.54) is 12.1 Å². The standard InChI is InChI=1S/C17H13FN4/c18-13-6-4-12(5-7-13)17(8-9-17)22-16-20-14-3-1-2-11(10-19)15(14)21-16/h1-7H,8-9H2,(H2,20,21,22). The minimum Gasteiger partial charge on any atom is -0.346 e. The topological polar surface area (TPSA) is 64.5 Å². The van der Waals surface area contributed by atoms with Crippen LogP contribution in [0.3, 0.4) is 0 Å². The molecule has 1 fully saturated rings. The summed E-state index contributed by atoms with van der Waals surface area (Å²) in [4.78, 5) is 7.69. The van der Waals surface area contributed by atoms with Gasteiger partial charge in [-0.15, -0.1) is 0 Å². The first-order valence-corrected chi connectivity index (χ1v) is 7.13. The number of imidazole rings is 1. The third-order valence-electron chi connectivity index (χ3n) is 4.14. The largest absolute Gasteiger partial charge is 0.346 e. The zero-order chi connectivity index (χ0) is 15.2. The highest BCUT2D eigenvalue weighted by Crippen LogP contribution is 2.48. The van der Waals surface area contributed by atoms with Crippen molar-refractivity contribution >= 4 is 17.0 Å². The Hall–Kier alpha value is -2.87. The summed E-state index contributed by atoms with van der Waals surface area (Å²) in [5.41, 5.74) is 2.91. The van der Waals surface area contributed by atoms with Crippen molar-refractivity contribution in [3.8, 4) is 6.07 Å². The van der Waals surface area contributed by atoms with Gasteiger partial charge in [-0.25, -0.2) is 9.37 Å². The van der Waals surface area contributed by atoms with Crippen molar-refractivity contribution in [2.24, 2.45) is 0 Å². The minimum absolute atomic E-state index is 0.186. The SMILES string of the molecule is N#Cc1cccc2[nH]c(NC3(c4ccc(F)cc4)CC3)nc12. The quantitative estimate of drug-likeness (QED) is 0.774. The fourth-order valence-electron chi connectivity index (χ4n) is 2.79. The number of anilines is 1. The van der Waals surface area contributed by atoms with Crippen molar-refractivity contribution in [3.05, 3.63) is 59.4 Å². The summed E-state index contributed by atoms with van der Waals surface area (Å²) in [6, 6.07) is 14.2. The Labute approximate surface area is 126 Å². The molecule has 0 radical (unpaired) electrons. The molecular weight excluding hydrogens is 279 g/mol. The van der Waals surface area contributed by atoms with Crippen LogP contribution in [0.4, 0.5) is 10.3 Å². The average Bonchev–Trinajstić information content (AvgIpc) is 3.18. The van der Waals surface area contributed by atoms with E-state index in [2.05, 4.69) is 21.4 Å². The Bertz CT molecular complexity index is 885. The van der Waals surface area contributed by atoms with E-state index >= 15 is 0 Å². The summed E-state index contributed by atoms with van der Waals surface area (Å²) in [6.45, 7) is 0. The molecule has 3 aromatic rings. The van der Waals surface area contributed by atoms with Crippen LogP contribution in [-0.2, 0) is 5.54 Å². The van der Waals surface area contributed by atoms with Crippen molar-refractivity contribution in [1.82, 2.24) is 9.97 Å². The highest BCUT2D eigenvalue weighted by Gasteiger charge is 2.45. The van der Waals surface area contributed by atoms with E-state index in [1.807, 2.05) is 12.1 Å². The van der Waals surface area contributed by atoms with Crippen LogP contribution < -0.4 is 5.32 Å². The predicted molar refractivity (Wildman–Crippen MR) is 81.7 cm³/mol. The van der Waals surface area contributed by atoms with Crippen molar-refractivity contribution in [1.29, 1.82) is 5.26 Å². The molecular formula is C17H13FN4. The van der Waals surface area contributed by atoms with E-state index < -0.39 is 0 Å². The van der Waals surface area contributed by atoms with Crippen LogP contribution in [0, 0.1) is 17.1 Å². The number of nitrogens with one attached hydrogen (secondary N) is 2. The summed E-state index contributed by atoms with van der Waals surface area (Å²) in [5.74, 6) is 0.404. The van der Waals surface area contributed by atoms with E-state index in [-0.39, 0.29) is 11.4 Å². The Morgan fingerprint density at radius 2 is 1.95 bits per heavy atom. The smallest absolute Gasteiger partial charge is 0.201 e. The molecule has 4 rings (SSSR count). The Morgan fingerprint density at radius 3 is 2.64 bits per heavy atom. The molecule has 108 valence electrons. The number of H-pyrrole nitrogens is 1. The number of aromatic nitrogens is 2. The third kappa shape index (κ3) is 2.01. The van der Waals surface area contributed by atoms with Crippen LogP contribution in [-0.4, -0.2) is 9.97 Å². The van der Waals surface area contributed by atoms with Crippen LogP contribution in [0.1, 0.15) is 24.0 Å². The molecule has 2 aromatic carbocycles. The second-order valence-corrected chi connectivity index (χ2v) is 5.61. The maximum Gasteiger partial charge on any atom is 0.201 e. The van der Waals surface area contributed by atoms with E-state index in [0.717, 1.165) is 23.9 Å². The van der Waals surface area contributed by atoms with Crippen molar-refractivity contribution < 1.29 is 4.39 Å². The third-order valence-corrected chi connectivity index (χ3v) is 4.14. The van der Waals surface area contributed by atoms with Gasteiger partial charge < -0.3 is 10.3 Å². The molecule has 5 heteroatoms. The summed E-state index contributed by atoms with van der Waals surface area (Å²) >= 11 is 0. The van der Waals surface area contributed by atoms with E-state index in [9.17, 15) is 4.39 Å². The monoisotopic (exact) mass is 292 g/mol. The summed E-state index contributed by atoms with van der Waals surface area (Å²) in [7, 11) is 0. The van der Waals surface area contributed by atoms with Crippen LogP contribution in [0.5, 0.6) is 0 Å². The molecule has 0 saturated heterocycles. The van der Waals surface area contributed by atoms with Crippen molar-refractivity contribution in [3.63, 3.8) is 0 Å². The van der Waals surface area contributed by atoms with Gasteiger partial charge in [-0.1, -0.05) is 18.2 Å². The number of fused-ring (bicyclic) bond motifs is 1. The fraction of sp³-hybridized carbons (Fsp3) is 0.176. The van der Waals surface area contributed by atoms with Crippen molar-refractivity contribution in [2.75, 3.05) is 5.32 Å². The maximum atomic E-state index is 13.1. The summed E-state index contributed by atoms with van der Waals surface area (Å²) in [5, 5.41) is 12.5. The average molecular weight is 292 g/mol. The number of nitrogens with zero attached hydrogens (tertiary/aromatic N) is 2. The lowest BCUT2D eigenvalue weighted by Gasteiger charge is -2.17. The molecule has 0 bridgehead atoms. The highest BCUT2D eigenvalue weighted by atomic mass is 19.1. The molecule has 1 saturated carbocycles. The molecule has 1 heterocycles. The van der Waals surface area contributed by atoms with Gasteiger partial charge in [-0.3, -0.25) is 0 Å². The van der Waals surface area contributed by atoms with Gasteiger partial charge >= 0.3 is 0 Å². The number of para-hydroxylation sites is 1. The van der Waals surface area contributed by atoms with Gasteiger partial charge in [0.1, 0.15) is 17.4 Å². The molecule has 1 aliphatic carbocycles. The number of hydrogen-bond donors (Lipinski definition) is 2. The number of nitriles is 1. The lowest BCUT2D eigenvalue weighted by Crippen LogP contribution is -2.19. The number of halogens is 1. The molecule has 4 nitrogen and oxygen atoms in total. The molecule has 0 spiro atoms. The molecule has 22 heavy (non-hydrogen) atoms. The first-order chi connectivity index (χ1) is 10.7. The molecule has 0 amide bonds. The minimum atomic E-state index is -0.234. The number of rotatable bonds is 3. The Morgan fingerprint density at radius 1 is 1.18 bits per heavy atom. The predicted octanol–water partition coefficient (Wildman–Crippen LogP) is 3.67.